The maximum Gasteiger partial charge on any atom is 0.252 e. The van der Waals surface area contributed by atoms with Crippen molar-refractivity contribution in [3.05, 3.63) is 99.5 Å². The molecule has 1 aliphatic rings. The van der Waals surface area contributed by atoms with Crippen molar-refractivity contribution in [1.82, 2.24) is 5.32 Å². The molecule has 0 fully saturated rings. The Morgan fingerprint density at radius 1 is 1.11 bits per heavy atom. The standard InChI is InChI=1S/C28H29BrN2O4/c1-20-4-2-5-22(16-20)18-30-27(33)28(17-21-6-10-24(29)11-7-21)19-35-26(31-28)23-8-12-25(13-9-23)34-15-3-14-32/h2,4-13,16,32H,3,14-15,17-19H2,1H3,(H,30,33)/t28-/m1/s1. The van der Waals surface area contributed by atoms with Crippen molar-refractivity contribution in [3.63, 3.8) is 0 Å². The predicted molar refractivity (Wildman–Crippen MR) is 140 cm³/mol. The number of amides is 1. The van der Waals surface area contributed by atoms with Gasteiger partial charge >= 0.3 is 0 Å². The number of rotatable bonds is 10. The molecule has 0 saturated carbocycles. The first kappa shape index (κ1) is 24.9. The second-order valence-electron chi connectivity index (χ2n) is 8.66. The first-order chi connectivity index (χ1) is 17.0. The van der Waals surface area contributed by atoms with E-state index in [4.69, 9.17) is 19.6 Å². The molecule has 4 rings (SSSR count). The maximum atomic E-state index is 13.5. The van der Waals surface area contributed by atoms with Gasteiger partial charge in [-0.2, -0.15) is 0 Å². The molecule has 2 N–H and O–H groups in total. The number of halogens is 1. The Hall–Kier alpha value is -3.16. The van der Waals surface area contributed by atoms with Gasteiger partial charge < -0.3 is 19.9 Å². The summed E-state index contributed by atoms with van der Waals surface area (Å²) in [5.74, 6) is 0.980. The van der Waals surface area contributed by atoms with E-state index in [1.54, 1.807) is 0 Å². The van der Waals surface area contributed by atoms with Crippen LogP contribution in [-0.4, -0.2) is 42.3 Å². The van der Waals surface area contributed by atoms with E-state index in [0.717, 1.165) is 26.7 Å². The van der Waals surface area contributed by atoms with Gasteiger partial charge in [-0.05, 0) is 54.4 Å². The molecular weight excluding hydrogens is 508 g/mol. The monoisotopic (exact) mass is 536 g/mol. The summed E-state index contributed by atoms with van der Waals surface area (Å²) in [6.07, 6.45) is 1.000. The molecule has 0 saturated heterocycles. The van der Waals surface area contributed by atoms with E-state index in [1.807, 2.05) is 73.7 Å². The van der Waals surface area contributed by atoms with Crippen LogP contribution in [0.1, 0.15) is 28.7 Å². The lowest BCUT2D eigenvalue weighted by atomic mass is 9.91. The Morgan fingerprint density at radius 3 is 2.60 bits per heavy atom. The van der Waals surface area contributed by atoms with E-state index < -0.39 is 5.54 Å². The van der Waals surface area contributed by atoms with Crippen LogP contribution >= 0.6 is 15.9 Å². The van der Waals surface area contributed by atoms with E-state index >= 15 is 0 Å². The summed E-state index contributed by atoms with van der Waals surface area (Å²) in [5.41, 5.74) is 2.90. The molecule has 182 valence electrons. The predicted octanol–water partition coefficient (Wildman–Crippen LogP) is 4.59. The van der Waals surface area contributed by atoms with Gasteiger partial charge in [-0.3, -0.25) is 4.79 Å². The molecule has 3 aromatic carbocycles. The van der Waals surface area contributed by atoms with E-state index in [2.05, 4.69) is 27.3 Å². The van der Waals surface area contributed by atoms with Gasteiger partial charge in [0, 0.05) is 36.0 Å². The number of hydrogen-bond acceptors (Lipinski definition) is 5. The number of carbonyl (C=O) groups is 1. The third-order valence-electron chi connectivity index (χ3n) is 5.80. The molecular formula is C28H29BrN2O4. The summed E-state index contributed by atoms with van der Waals surface area (Å²) in [6, 6.07) is 23.4. The molecule has 0 unspecified atom stereocenters. The SMILES string of the molecule is Cc1cccc(CNC(=O)[C@@]2(Cc3ccc(Br)cc3)COC(c3ccc(OCCCO)cc3)=N2)c1. The fourth-order valence-corrected chi connectivity index (χ4v) is 4.20. The zero-order valence-corrected chi connectivity index (χ0v) is 21.3. The highest BCUT2D eigenvalue weighted by Crippen LogP contribution is 2.28. The summed E-state index contributed by atoms with van der Waals surface area (Å²) < 4.78 is 12.6. The smallest absolute Gasteiger partial charge is 0.252 e. The number of ether oxygens (including phenoxy) is 2. The molecule has 35 heavy (non-hydrogen) atoms. The van der Waals surface area contributed by atoms with Crippen LogP contribution in [0.15, 0.2) is 82.3 Å². The Morgan fingerprint density at radius 2 is 1.89 bits per heavy atom. The fraction of sp³-hybridized carbons (Fsp3) is 0.286. The molecule has 0 radical (unpaired) electrons. The molecule has 1 aliphatic heterocycles. The maximum absolute atomic E-state index is 13.5. The number of aliphatic imine (C=N–C) groups is 1. The lowest BCUT2D eigenvalue weighted by Gasteiger charge is -2.23. The van der Waals surface area contributed by atoms with Crippen molar-refractivity contribution in [1.29, 1.82) is 0 Å². The average Bonchev–Trinajstić information content (AvgIpc) is 3.30. The van der Waals surface area contributed by atoms with E-state index in [9.17, 15) is 4.79 Å². The minimum atomic E-state index is -1.07. The third kappa shape index (κ3) is 6.50. The van der Waals surface area contributed by atoms with Crippen molar-refractivity contribution < 1.29 is 19.4 Å². The highest BCUT2D eigenvalue weighted by atomic mass is 79.9. The third-order valence-corrected chi connectivity index (χ3v) is 6.33. The second-order valence-corrected chi connectivity index (χ2v) is 9.58. The minimum absolute atomic E-state index is 0.0924. The number of aliphatic hydroxyl groups is 1. The van der Waals surface area contributed by atoms with E-state index in [0.29, 0.717) is 37.6 Å². The number of aliphatic hydroxyl groups excluding tert-OH is 1. The Kier molecular flexibility index (Phi) is 8.21. The highest BCUT2D eigenvalue weighted by Gasteiger charge is 2.44. The van der Waals surface area contributed by atoms with E-state index in [-0.39, 0.29) is 19.1 Å². The minimum Gasteiger partial charge on any atom is -0.494 e. The summed E-state index contributed by atoms with van der Waals surface area (Å²) >= 11 is 3.47. The van der Waals surface area contributed by atoms with Crippen molar-refractivity contribution in [2.75, 3.05) is 19.8 Å². The fourth-order valence-electron chi connectivity index (χ4n) is 3.94. The van der Waals surface area contributed by atoms with Crippen LogP contribution in [0.5, 0.6) is 5.75 Å². The number of nitrogens with zero attached hydrogens (tertiary/aromatic N) is 1. The van der Waals surface area contributed by atoms with Crippen LogP contribution in [-0.2, 0) is 22.5 Å². The molecule has 0 spiro atoms. The zero-order chi connectivity index (χ0) is 24.7. The number of benzene rings is 3. The summed E-state index contributed by atoms with van der Waals surface area (Å²) in [7, 11) is 0. The number of nitrogens with one attached hydrogen (secondary N) is 1. The Balaban J connectivity index is 1.55. The molecule has 1 atom stereocenters. The quantitative estimate of drug-likeness (QED) is 0.371. The van der Waals surface area contributed by atoms with Gasteiger partial charge in [0.15, 0.2) is 5.54 Å². The molecule has 1 amide bonds. The molecule has 3 aromatic rings. The molecule has 1 heterocycles. The normalized spacial score (nSPS) is 16.9. The van der Waals surface area contributed by atoms with Crippen molar-refractivity contribution in [3.8, 4) is 5.75 Å². The summed E-state index contributed by atoms with van der Waals surface area (Å²) in [5, 5.41) is 12.0. The first-order valence-corrected chi connectivity index (χ1v) is 12.4. The van der Waals surface area contributed by atoms with Gasteiger partial charge in [-0.15, -0.1) is 0 Å². The average molecular weight is 537 g/mol. The van der Waals surface area contributed by atoms with Crippen molar-refractivity contribution in [2.45, 2.75) is 31.8 Å². The van der Waals surface area contributed by atoms with Crippen molar-refractivity contribution in [2.24, 2.45) is 4.99 Å². The lowest BCUT2D eigenvalue weighted by Crippen LogP contribution is -2.48. The lowest BCUT2D eigenvalue weighted by molar-refractivity contribution is -0.126. The van der Waals surface area contributed by atoms with Crippen LogP contribution in [0.2, 0.25) is 0 Å². The largest absolute Gasteiger partial charge is 0.494 e. The highest BCUT2D eigenvalue weighted by molar-refractivity contribution is 9.10. The molecule has 0 bridgehead atoms. The molecule has 6 nitrogen and oxygen atoms in total. The second kappa shape index (κ2) is 11.5. The summed E-state index contributed by atoms with van der Waals surface area (Å²) in [6.45, 7) is 3.16. The number of aryl methyl sites for hydroxylation is 1. The van der Waals surface area contributed by atoms with Crippen molar-refractivity contribution >= 4 is 27.7 Å². The van der Waals surface area contributed by atoms with Gasteiger partial charge in [0.25, 0.3) is 5.91 Å². The first-order valence-electron chi connectivity index (χ1n) is 11.6. The van der Waals surface area contributed by atoms with Gasteiger partial charge in [-0.25, -0.2) is 4.99 Å². The molecule has 0 aliphatic carbocycles. The van der Waals surface area contributed by atoms with Gasteiger partial charge in [0.1, 0.15) is 12.4 Å². The summed E-state index contributed by atoms with van der Waals surface area (Å²) in [4.78, 5) is 18.4. The van der Waals surface area contributed by atoms with Gasteiger partial charge in [-0.1, -0.05) is 57.9 Å². The zero-order valence-electron chi connectivity index (χ0n) is 19.7. The topological polar surface area (TPSA) is 80.2 Å². The van der Waals surface area contributed by atoms with Gasteiger partial charge in [0.2, 0.25) is 5.90 Å². The molecule has 0 aromatic heterocycles. The Bertz CT molecular complexity index is 1180. The van der Waals surface area contributed by atoms with Crippen LogP contribution in [0.4, 0.5) is 0 Å². The Labute approximate surface area is 214 Å². The molecule has 7 heteroatoms. The van der Waals surface area contributed by atoms with Crippen LogP contribution in [0.25, 0.3) is 0 Å². The van der Waals surface area contributed by atoms with Gasteiger partial charge in [0.05, 0.1) is 6.61 Å². The van der Waals surface area contributed by atoms with E-state index in [1.165, 1.54) is 0 Å². The number of hydrogen-bond donors (Lipinski definition) is 2. The number of carbonyl (C=O) groups excluding carboxylic acids is 1. The van der Waals surface area contributed by atoms with Crippen LogP contribution < -0.4 is 10.1 Å². The van der Waals surface area contributed by atoms with Crippen LogP contribution in [0, 0.1) is 6.92 Å². The van der Waals surface area contributed by atoms with Crippen LogP contribution in [0.3, 0.4) is 0 Å².